The summed E-state index contributed by atoms with van der Waals surface area (Å²) in [7, 11) is 0. The van der Waals surface area contributed by atoms with E-state index in [-0.39, 0.29) is 0 Å². The molecule has 8 nitrogen and oxygen atoms in total. The molecule has 2 aromatic rings. The summed E-state index contributed by atoms with van der Waals surface area (Å²) >= 11 is 0. The van der Waals surface area contributed by atoms with Gasteiger partial charge in [0, 0.05) is 38.1 Å². The third kappa shape index (κ3) is 3.67. The maximum absolute atomic E-state index is 5.79. The quantitative estimate of drug-likeness (QED) is 0.825. The number of aromatic nitrogens is 4. The molecule has 3 heterocycles. The lowest BCUT2D eigenvalue weighted by molar-refractivity contribution is 0.0320. The number of hydrogen-bond donors (Lipinski definition) is 1. The molecule has 1 aliphatic rings. The fourth-order valence-electron chi connectivity index (χ4n) is 2.10. The Labute approximate surface area is 122 Å². The van der Waals surface area contributed by atoms with Crippen molar-refractivity contribution in [1.29, 1.82) is 0 Å². The number of ether oxygens (including phenoxy) is 2. The predicted octanol–water partition coefficient (Wildman–Crippen LogP) is -0.0445. The Bertz CT molecular complexity index is 568. The molecule has 0 aromatic carbocycles. The fourth-order valence-corrected chi connectivity index (χ4v) is 2.10. The molecule has 0 saturated carbocycles. The van der Waals surface area contributed by atoms with E-state index < -0.39 is 0 Å². The molecule has 0 bridgehead atoms. The first kappa shape index (κ1) is 13.8. The molecule has 8 heteroatoms. The first-order chi connectivity index (χ1) is 10.3. The summed E-state index contributed by atoms with van der Waals surface area (Å²) in [6.45, 7) is 4.84. The number of morpholine rings is 1. The van der Waals surface area contributed by atoms with Crippen molar-refractivity contribution < 1.29 is 9.47 Å². The molecule has 2 N–H and O–H groups in total. The van der Waals surface area contributed by atoms with E-state index in [1.165, 1.54) is 0 Å². The van der Waals surface area contributed by atoms with Crippen molar-refractivity contribution in [3.63, 3.8) is 0 Å². The van der Waals surface area contributed by atoms with E-state index in [9.17, 15) is 0 Å². The minimum Gasteiger partial charge on any atom is -0.476 e. The molecular formula is C13H18N6O2. The lowest BCUT2D eigenvalue weighted by Gasteiger charge is -2.26. The smallest absolute Gasteiger partial charge is 0.240 e. The summed E-state index contributed by atoms with van der Waals surface area (Å²) in [5, 5.41) is 0. The predicted molar refractivity (Wildman–Crippen MR) is 76.3 cm³/mol. The topological polar surface area (TPSA) is 91.3 Å². The van der Waals surface area contributed by atoms with Crippen molar-refractivity contribution in [2.24, 2.45) is 0 Å². The van der Waals surface area contributed by atoms with Crippen LogP contribution in [0.3, 0.4) is 0 Å². The van der Waals surface area contributed by atoms with Crippen LogP contribution < -0.4 is 10.5 Å². The Balaban J connectivity index is 1.60. The van der Waals surface area contributed by atoms with Gasteiger partial charge in [0.25, 0.3) is 0 Å². The molecule has 21 heavy (non-hydrogen) atoms. The summed E-state index contributed by atoms with van der Waals surface area (Å²) in [5.74, 6) is 1.29. The van der Waals surface area contributed by atoms with E-state index in [0.717, 1.165) is 32.8 Å². The summed E-state index contributed by atoms with van der Waals surface area (Å²) in [6.07, 6.45) is 5.03. The minimum atomic E-state index is 0.370. The standard InChI is InChI=1S/C13H18N6O2/c14-11-9-12(17-13(16-11)19-2-1-15-10-19)21-8-5-18-3-6-20-7-4-18/h1-2,9-10H,3-8H2,(H2,14,16,17). The Kier molecular flexibility index (Phi) is 4.27. The van der Waals surface area contributed by atoms with Crippen LogP contribution in [-0.2, 0) is 4.74 Å². The summed E-state index contributed by atoms with van der Waals surface area (Å²) in [5.41, 5.74) is 5.79. The number of rotatable bonds is 5. The maximum Gasteiger partial charge on any atom is 0.240 e. The van der Waals surface area contributed by atoms with Crippen LogP contribution in [-0.4, -0.2) is 63.9 Å². The van der Waals surface area contributed by atoms with Gasteiger partial charge in [-0.1, -0.05) is 0 Å². The molecule has 0 aliphatic carbocycles. The minimum absolute atomic E-state index is 0.370. The Hall–Kier alpha value is -2.19. The van der Waals surface area contributed by atoms with Crippen LogP contribution in [0.1, 0.15) is 0 Å². The van der Waals surface area contributed by atoms with Gasteiger partial charge in [-0.15, -0.1) is 0 Å². The molecule has 112 valence electrons. The summed E-state index contributed by atoms with van der Waals surface area (Å²) in [4.78, 5) is 14.7. The second-order valence-corrected chi connectivity index (χ2v) is 4.70. The van der Waals surface area contributed by atoms with Crippen LogP contribution in [0.15, 0.2) is 24.8 Å². The first-order valence-electron chi connectivity index (χ1n) is 6.87. The van der Waals surface area contributed by atoms with Gasteiger partial charge in [0.2, 0.25) is 11.8 Å². The van der Waals surface area contributed by atoms with Gasteiger partial charge in [0.15, 0.2) is 0 Å². The van der Waals surface area contributed by atoms with E-state index in [0.29, 0.717) is 24.3 Å². The zero-order valence-electron chi connectivity index (χ0n) is 11.7. The molecule has 2 aromatic heterocycles. The Morgan fingerprint density at radius 1 is 1.29 bits per heavy atom. The molecule has 1 aliphatic heterocycles. The highest BCUT2D eigenvalue weighted by Crippen LogP contribution is 2.13. The van der Waals surface area contributed by atoms with Crippen molar-refractivity contribution in [3.8, 4) is 11.8 Å². The zero-order chi connectivity index (χ0) is 14.5. The highest BCUT2D eigenvalue weighted by molar-refractivity contribution is 5.36. The molecular weight excluding hydrogens is 272 g/mol. The van der Waals surface area contributed by atoms with Crippen LogP contribution >= 0.6 is 0 Å². The number of anilines is 1. The number of nitrogen functional groups attached to an aromatic ring is 1. The number of nitrogens with two attached hydrogens (primary N) is 1. The number of hydrogen-bond acceptors (Lipinski definition) is 7. The van der Waals surface area contributed by atoms with Crippen LogP contribution in [0.5, 0.6) is 5.88 Å². The van der Waals surface area contributed by atoms with Gasteiger partial charge < -0.3 is 15.2 Å². The van der Waals surface area contributed by atoms with Crippen molar-refractivity contribution in [1.82, 2.24) is 24.4 Å². The lowest BCUT2D eigenvalue weighted by atomic mass is 10.4. The van der Waals surface area contributed by atoms with Crippen LogP contribution in [0.2, 0.25) is 0 Å². The second kappa shape index (κ2) is 6.51. The fraction of sp³-hybridized carbons (Fsp3) is 0.462. The Morgan fingerprint density at radius 2 is 2.14 bits per heavy atom. The molecule has 0 radical (unpaired) electrons. The summed E-state index contributed by atoms with van der Waals surface area (Å²) in [6, 6.07) is 1.62. The number of imidazole rings is 1. The van der Waals surface area contributed by atoms with E-state index >= 15 is 0 Å². The second-order valence-electron chi connectivity index (χ2n) is 4.70. The average Bonchev–Trinajstić information content (AvgIpc) is 3.02. The van der Waals surface area contributed by atoms with E-state index in [1.54, 1.807) is 29.4 Å². The van der Waals surface area contributed by atoms with Gasteiger partial charge in [-0.05, 0) is 0 Å². The molecule has 1 fully saturated rings. The van der Waals surface area contributed by atoms with Gasteiger partial charge >= 0.3 is 0 Å². The molecule has 0 atom stereocenters. The zero-order valence-corrected chi connectivity index (χ0v) is 11.7. The largest absolute Gasteiger partial charge is 0.476 e. The van der Waals surface area contributed by atoms with Crippen LogP contribution in [0, 0.1) is 0 Å². The highest BCUT2D eigenvalue weighted by atomic mass is 16.5. The molecule has 0 unspecified atom stereocenters. The Morgan fingerprint density at radius 3 is 2.90 bits per heavy atom. The monoisotopic (exact) mass is 290 g/mol. The molecule has 0 spiro atoms. The van der Waals surface area contributed by atoms with Gasteiger partial charge in [-0.3, -0.25) is 9.47 Å². The molecule has 0 amide bonds. The SMILES string of the molecule is Nc1cc(OCCN2CCOCC2)nc(-n2ccnc2)n1. The average molecular weight is 290 g/mol. The van der Waals surface area contributed by atoms with E-state index in [2.05, 4.69) is 19.9 Å². The lowest BCUT2D eigenvalue weighted by Crippen LogP contribution is -2.38. The maximum atomic E-state index is 5.79. The normalized spacial score (nSPS) is 16.0. The van der Waals surface area contributed by atoms with Crippen molar-refractivity contribution in [2.75, 3.05) is 45.2 Å². The van der Waals surface area contributed by atoms with Crippen molar-refractivity contribution in [2.45, 2.75) is 0 Å². The van der Waals surface area contributed by atoms with E-state index in [1.807, 2.05) is 0 Å². The first-order valence-corrected chi connectivity index (χ1v) is 6.87. The highest BCUT2D eigenvalue weighted by Gasteiger charge is 2.11. The summed E-state index contributed by atoms with van der Waals surface area (Å²) < 4.78 is 12.7. The van der Waals surface area contributed by atoms with Gasteiger partial charge in [-0.2, -0.15) is 9.97 Å². The molecule has 1 saturated heterocycles. The van der Waals surface area contributed by atoms with Crippen molar-refractivity contribution >= 4 is 5.82 Å². The molecule has 3 rings (SSSR count). The van der Waals surface area contributed by atoms with Gasteiger partial charge in [-0.25, -0.2) is 4.98 Å². The third-order valence-electron chi connectivity index (χ3n) is 3.21. The number of nitrogens with zero attached hydrogens (tertiary/aromatic N) is 5. The third-order valence-corrected chi connectivity index (χ3v) is 3.21. The van der Waals surface area contributed by atoms with Crippen LogP contribution in [0.25, 0.3) is 5.95 Å². The van der Waals surface area contributed by atoms with Gasteiger partial charge in [0.05, 0.1) is 13.2 Å². The van der Waals surface area contributed by atoms with E-state index in [4.69, 9.17) is 15.2 Å². The van der Waals surface area contributed by atoms with Gasteiger partial charge in [0.1, 0.15) is 18.8 Å². The van der Waals surface area contributed by atoms with Crippen LogP contribution in [0.4, 0.5) is 5.82 Å². The van der Waals surface area contributed by atoms with Crippen molar-refractivity contribution in [3.05, 3.63) is 24.8 Å².